The summed E-state index contributed by atoms with van der Waals surface area (Å²) < 4.78 is 0. The molecular weight excluding hydrogens is 184 g/mol. The van der Waals surface area contributed by atoms with Gasteiger partial charge in [0.05, 0.1) is 11.4 Å². The van der Waals surface area contributed by atoms with Crippen molar-refractivity contribution in [2.45, 2.75) is 58.8 Å². The molecule has 0 bridgehead atoms. The van der Waals surface area contributed by atoms with Gasteiger partial charge in [0.25, 0.3) is 0 Å². The second kappa shape index (κ2) is 3.92. The molecule has 0 amide bonds. The fourth-order valence-electron chi connectivity index (χ4n) is 1.55. The lowest BCUT2D eigenvalue weighted by Crippen LogP contribution is -2.26. The molecular formula is C13H22N2. The van der Waals surface area contributed by atoms with Crippen LogP contribution in [0.2, 0.25) is 0 Å². The summed E-state index contributed by atoms with van der Waals surface area (Å²) in [7, 11) is 0. The highest BCUT2D eigenvalue weighted by Gasteiger charge is 2.29. The van der Waals surface area contributed by atoms with Crippen molar-refractivity contribution in [1.29, 1.82) is 0 Å². The Kier molecular flexibility index (Phi) is 3.17. The lowest BCUT2D eigenvalue weighted by molar-refractivity contribution is 0.454. The monoisotopic (exact) mass is 206 g/mol. The van der Waals surface area contributed by atoms with Crippen molar-refractivity contribution in [3.8, 4) is 0 Å². The van der Waals surface area contributed by atoms with Crippen LogP contribution in [0.4, 0.5) is 0 Å². The third-order valence-electron chi connectivity index (χ3n) is 2.93. The van der Waals surface area contributed by atoms with E-state index in [0.717, 1.165) is 17.8 Å². The lowest BCUT2D eigenvalue weighted by Gasteiger charge is -2.29. The minimum atomic E-state index is 0.0655. The van der Waals surface area contributed by atoms with Crippen molar-refractivity contribution >= 4 is 0 Å². The highest BCUT2D eigenvalue weighted by Crippen LogP contribution is 2.32. The summed E-state index contributed by atoms with van der Waals surface area (Å²) in [5.41, 5.74) is 2.43. The summed E-state index contributed by atoms with van der Waals surface area (Å²) in [5, 5.41) is 0. The van der Waals surface area contributed by atoms with Crippen LogP contribution in [0.1, 0.15) is 59.4 Å². The maximum absolute atomic E-state index is 4.53. The van der Waals surface area contributed by atoms with E-state index in [0.29, 0.717) is 0 Å². The first-order valence-electron chi connectivity index (χ1n) is 5.61. The van der Waals surface area contributed by atoms with Crippen molar-refractivity contribution in [2.75, 3.05) is 0 Å². The molecule has 1 rings (SSSR count). The Morgan fingerprint density at radius 2 is 1.40 bits per heavy atom. The number of nitrogens with zero attached hydrogens (tertiary/aromatic N) is 2. The third kappa shape index (κ3) is 2.55. The van der Waals surface area contributed by atoms with Crippen molar-refractivity contribution in [1.82, 2.24) is 9.97 Å². The van der Waals surface area contributed by atoms with E-state index in [1.165, 1.54) is 0 Å². The van der Waals surface area contributed by atoms with E-state index in [1.54, 1.807) is 12.4 Å². The van der Waals surface area contributed by atoms with Crippen LogP contribution in [0.25, 0.3) is 0 Å². The van der Waals surface area contributed by atoms with Crippen LogP contribution in [-0.2, 0) is 10.8 Å². The molecule has 0 aliphatic carbocycles. The van der Waals surface area contributed by atoms with E-state index in [9.17, 15) is 0 Å². The SMILES string of the molecule is CCC(C)(C)c1nccnc1C(C)(C)C. The van der Waals surface area contributed by atoms with E-state index in [4.69, 9.17) is 0 Å². The van der Waals surface area contributed by atoms with Crippen LogP contribution in [0.5, 0.6) is 0 Å². The molecule has 2 nitrogen and oxygen atoms in total. The summed E-state index contributed by atoms with van der Waals surface area (Å²) in [6.45, 7) is 13.2. The maximum Gasteiger partial charge on any atom is 0.0680 e. The molecule has 0 atom stereocenters. The molecule has 84 valence electrons. The first-order chi connectivity index (χ1) is 6.79. The normalized spacial score (nSPS) is 12.9. The molecule has 0 unspecified atom stereocenters. The van der Waals surface area contributed by atoms with E-state index in [1.807, 2.05) is 0 Å². The second-order valence-corrected chi connectivity index (χ2v) is 5.74. The van der Waals surface area contributed by atoms with Gasteiger partial charge in [-0.2, -0.15) is 0 Å². The Morgan fingerprint density at radius 1 is 0.933 bits per heavy atom. The summed E-state index contributed by atoms with van der Waals surface area (Å²) in [6, 6.07) is 0. The largest absolute Gasteiger partial charge is 0.257 e. The van der Waals surface area contributed by atoms with Gasteiger partial charge < -0.3 is 0 Å². The smallest absolute Gasteiger partial charge is 0.0680 e. The Bertz CT molecular complexity index is 335. The van der Waals surface area contributed by atoms with Crippen molar-refractivity contribution in [3.63, 3.8) is 0 Å². The summed E-state index contributed by atoms with van der Waals surface area (Å²) in [6.07, 6.45) is 4.66. The van der Waals surface area contributed by atoms with Gasteiger partial charge in [-0.15, -0.1) is 0 Å². The standard InChI is InChI=1S/C13H22N2/c1-7-13(5,6)11-10(12(2,3)4)14-8-9-15-11/h8-9H,7H2,1-6H3. The average molecular weight is 206 g/mol. The predicted octanol–water partition coefficient (Wildman–Crippen LogP) is 3.46. The second-order valence-electron chi connectivity index (χ2n) is 5.74. The highest BCUT2D eigenvalue weighted by molar-refractivity contribution is 5.25. The topological polar surface area (TPSA) is 25.8 Å². The zero-order valence-corrected chi connectivity index (χ0v) is 10.8. The molecule has 0 saturated heterocycles. The van der Waals surface area contributed by atoms with Gasteiger partial charge in [0.15, 0.2) is 0 Å². The molecule has 0 N–H and O–H groups in total. The van der Waals surface area contributed by atoms with Crippen molar-refractivity contribution < 1.29 is 0 Å². The molecule has 15 heavy (non-hydrogen) atoms. The molecule has 0 aromatic carbocycles. The average Bonchev–Trinajstić information content (AvgIpc) is 2.16. The minimum Gasteiger partial charge on any atom is -0.257 e. The number of hydrogen-bond donors (Lipinski definition) is 0. The van der Waals surface area contributed by atoms with Gasteiger partial charge in [-0.1, -0.05) is 41.5 Å². The first-order valence-corrected chi connectivity index (χ1v) is 5.61. The molecule has 1 aromatic rings. The zero-order chi connectivity index (χ0) is 11.7. The number of aromatic nitrogens is 2. The van der Waals surface area contributed by atoms with Gasteiger partial charge in [-0.05, 0) is 6.42 Å². The van der Waals surface area contributed by atoms with Crippen molar-refractivity contribution in [2.24, 2.45) is 0 Å². The summed E-state index contributed by atoms with van der Waals surface area (Å²) >= 11 is 0. The number of hydrogen-bond acceptors (Lipinski definition) is 2. The molecule has 0 spiro atoms. The maximum atomic E-state index is 4.53. The zero-order valence-electron chi connectivity index (χ0n) is 10.8. The highest BCUT2D eigenvalue weighted by atomic mass is 14.8. The minimum absolute atomic E-state index is 0.0655. The first kappa shape index (κ1) is 12.2. The van der Waals surface area contributed by atoms with Gasteiger partial charge in [0.1, 0.15) is 0 Å². The Balaban J connectivity index is 3.31. The molecule has 0 aliphatic rings. The fraction of sp³-hybridized carbons (Fsp3) is 0.692. The molecule has 0 aliphatic heterocycles. The fourth-order valence-corrected chi connectivity index (χ4v) is 1.55. The van der Waals surface area contributed by atoms with Gasteiger partial charge >= 0.3 is 0 Å². The Labute approximate surface area is 93.2 Å². The summed E-state index contributed by atoms with van der Waals surface area (Å²) in [5.74, 6) is 0. The molecule has 0 saturated carbocycles. The quantitative estimate of drug-likeness (QED) is 0.740. The lowest BCUT2D eigenvalue weighted by atomic mass is 9.79. The predicted molar refractivity (Wildman–Crippen MR) is 64.0 cm³/mol. The van der Waals surface area contributed by atoms with Crippen LogP contribution in [0.15, 0.2) is 12.4 Å². The summed E-state index contributed by atoms with van der Waals surface area (Å²) in [4.78, 5) is 9.03. The molecule has 0 fully saturated rings. The van der Waals surface area contributed by atoms with Crippen LogP contribution in [0, 0.1) is 0 Å². The third-order valence-corrected chi connectivity index (χ3v) is 2.93. The molecule has 1 heterocycles. The van der Waals surface area contributed by atoms with Crippen LogP contribution < -0.4 is 0 Å². The van der Waals surface area contributed by atoms with Crippen LogP contribution >= 0.6 is 0 Å². The van der Waals surface area contributed by atoms with Gasteiger partial charge in [-0.3, -0.25) is 9.97 Å². The van der Waals surface area contributed by atoms with Crippen LogP contribution in [-0.4, -0.2) is 9.97 Å². The van der Waals surface area contributed by atoms with E-state index >= 15 is 0 Å². The van der Waals surface area contributed by atoms with Gasteiger partial charge in [0.2, 0.25) is 0 Å². The Hall–Kier alpha value is -0.920. The molecule has 2 heteroatoms. The van der Waals surface area contributed by atoms with E-state index in [2.05, 4.69) is 51.5 Å². The number of rotatable bonds is 2. The Morgan fingerprint density at radius 3 is 1.80 bits per heavy atom. The van der Waals surface area contributed by atoms with Crippen LogP contribution in [0.3, 0.4) is 0 Å². The van der Waals surface area contributed by atoms with E-state index < -0.39 is 0 Å². The van der Waals surface area contributed by atoms with Gasteiger partial charge in [-0.25, -0.2) is 0 Å². The van der Waals surface area contributed by atoms with Gasteiger partial charge in [0, 0.05) is 23.2 Å². The molecule has 0 radical (unpaired) electrons. The molecule has 1 aromatic heterocycles. The van der Waals surface area contributed by atoms with E-state index in [-0.39, 0.29) is 10.8 Å². The van der Waals surface area contributed by atoms with Crippen molar-refractivity contribution in [3.05, 3.63) is 23.8 Å².